The molecule has 0 aromatic heterocycles. The Bertz CT molecular complexity index is 122. The molecular formula is C6H11BrO4S. The van der Waals surface area contributed by atoms with Crippen LogP contribution in [0.3, 0.4) is 0 Å². The van der Waals surface area contributed by atoms with E-state index in [0.29, 0.717) is 13.2 Å². The standard InChI is InChI=1S/C6H11BrO4S/c7-12-11-2-5(8)1-9-3-6-4-10-6/h5-6,8H,1-4H2/t5-,6?/m0/s1. The fourth-order valence-corrected chi connectivity index (χ4v) is 1.18. The molecule has 0 saturated carbocycles. The largest absolute Gasteiger partial charge is 0.388 e. The van der Waals surface area contributed by atoms with Crippen molar-refractivity contribution >= 4 is 25.3 Å². The van der Waals surface area contributed by atoms with E-state index >= 15 is 0 Å². The van der Waals surface area contributed by atoms with E-state index in [4.69, 9.17) is 13.7 Å². The van der Waals surface area contributed by atoms with E-state index in [0.717, 1.165) is 17.1 Å². The number of aliphatic hydroxyl groups excluding tert-OH is 1. The minimum absolute atomic E-state index is 0.253. The molecule has 1 unspecified atom stereocenters. The summed E-state index contributed by atoms with van der Waals surface area (Å²) in [5.74, 6) is 0. The van der Waals surface area contributed by atoms with Crippen molar-refractivity contribution in [3.05, 3.63) is 0 Å². The predicted octanol–water partition coefficient (Wildman–Crippen LogP) is 0.737. The lowest BCUT2D eigenvalue weighted by molar-refractivity contribution is 0.0116. The maximum Gasteiger partial charge on any atom is 0.104 e. The van der Waals surface area contributed by atoms with Crippen molar-refractivity contribution < 1.29 is 18.8 Å². The van der Waals surface area contributed by atoms with Gasteiger partial charge in [-0.25, -0.2) is 0 Å². The smallest absolute Gasteiger partial charge is 0.104 e. The van der Waals surface area contributed by atoms with Crippen molar-refractivity contribution in [3.8, 4) is 0 Å². The van der Waals surface area contributed by atoms with Gasteiger partial charge >= 0.3 is 0 Å². The van der Waals surface area contributed by atoms with Gasteiger partial charge in [-0.05, 0) is 0 Å². The van der Waals surface area contributed by atoms with Crippen LogP contribution >= 0.6 is 25.3 Å². The Hall–Kier alpha value is 0.670. The second-order valence-electron chi connectivity index (χ2n) is 2.49. The van der Waals surface area contributed by atoms with Gasteiger partial charge in [0.2, 0.25) is 0 Å². The molecule has 0 aromatic carbocycles. The molecule has 0 aromatic rings. The molecule has 1 heterocycles. The van der Waals surface area contributed by atoms with Gasteiger partial charge in [-0.2, -0.15) is 0 Å². The molecular weight excluding hydrogens is 248 g/mol. The van der Waals surface area contributed by atoms with Crippen LogP contribution in [0, 0.1) is 0 Å². The molecule has 0 bridgehead atoms. The second kappa shape index (κ2) is 6.17. The molecule has 12 heavy (non-hydrogen) atoms. The zero-order chi connectivity index (χ0) is 8.81. The summed E-state index contributed by atoms with van der Waals surface area (Å²) >= 11 is 3.00. The first kappa shape index (κ1) is 10.7. The molecule has 0 spiro atoms. The Morgan fingerprint density at radius 3 is 3.00 bits per heavy atom. The highest BCUT2D eigenvalue weighted by molar-refractivity contribution is 9.49. The minimum Gasteiger partial charge on any atom is -0.388 e. The summed E-state index contributed by atoms with van der Waals surface area (Å²) in [5, 5.41) is 9.19. The van der Waals surface area contributed by atoms with E-state index in [1.807, 2.05) is 0 Å². The molecule has 1 fully saturated rings. The van der Waals surface area contributed by atoms with Crippen molar-refractivity contribution in [2.75, 3.05) is 26.4 Å². The van der Waals surface area contributed by atoms with Gasteiger partial charge in [0.25, 0.3) is 0 Å². The van der Waals surface area contributed by atoms with E-state index < -0.39 is 6.10 Å². The summed E-state index contributed by atoms with van der Waals surface area (Å²) in [6, 6.07) is 0. The van der Waals surface area contributed by atoms with Crippen molar-refractivity contribution in [2.45, 2.75) is 12.2 Å². The molecule has 1 aliphatic rings. The third-order valence-corrected chi connectivity index (χ3v) is 2.11. The fraction of sp³-hybridized carbons (Fsp3) is 1.00. The molecule has 0 radical (unpaired) electrons. The molecule has 2 atom stereocenters. The Labute approximate surface area is 83.0 Å². The summed E-state index contributed by atoms with van der Waals surface area (Å²) in [6.45, 7) is 1.91. The third kappa shape index (κ3) is 5.34. The van der Waals surface area contributed by atoms with Crippen molar-refractivity contribution in [1.82, 2.24) is 0 Å². The van der Waals surface area contributed by atoms with Crippen LogP contribution in [-0.4, -0.2) is 43.7 Å². The molecule has 1 N–H and O–H groups in total. The van der Waals surface area contributed by atoms with Crippen LogP contribution in [-0.2, 0) is 13.7 Å². The van der Waals surface area contributed by atoms with Crippen LogP contribution in [0.5, 0.6) is 0 Å². The van der Waals surface area contributed by atoms with Crippen LogP contribution in [0.4, 0.5) is 0 Å². The lowest BCUT2D eigenvalue weighted by atomic mass is 10.4. The van der Waals surface area contributed by atoms with Gasteiger partial charge < -0.3 is 18.8 Å². The third-order valence-electron chi connectivity index (χ3n) is 1.32. The Balaban J connectivity index is 1.83. The Morgan fingerprint density at radius 2 is 2.42 bits per heavy atom. The van der Waals surface area contributed by atoms with Crippen molar-refractivity contribution in [2.24, 2.45) is 0 Å². The summed E-state index contributed by atoms with van der Waals surface area (Å²) in [6.07, 6.45) is -0.308. The first-order chi connectivity index (χ1) is 5.83. The molecule has 72 valence electrons. The number of rotatable bonds is 7. The average molecular weight is 259 g/mol. The lowest BCUT2D eigenvalue weighted by Gasteiger charge is -2.08. The zero-order valence-electron chi connectivity index (χ0n) is 6.44. The van der Waals surface area contributed by atoms with Gasteiger partial charge in [0.1, 0.15) is 12.2 Å². The number of epoxide rings is 1. The topological polar surface area (TPSA) is 51.2 Å². The Morgan fingerprint density at radius 1 is 1.67 bits per heavy atom. The summed E-state index contributed by atoms with van der Waals surface area (Å²) in [7, 11) is 1.05. The van der Waals surface area contributed by atoms with Crippen LogP contribution in [0.15, 0.2) is 0 Å². The maximum absolute atomic E-state index is 9.19. The lowest BCUT2D eigenvalue weighted by Crippen LogP contribution is -2.21. The minimum atomic E-state index is -0.561. The van der Waals surface area contributed by atoms with E-state index in [1.165, 1.54) is 0 Å². The number of halogens is 1. The van der Waals surface area contributed by atoms with E-state index in [2.05, 4.69) is 14.8 Å². The molecule has 0 amide bonds. The van der Waals surface area contributed by atoms with E-state index in [9.17, 15) is 5.11 Å². The monoisotopic (exact) mass is 258 g/mol. The summed E-state index contributed by atoms with van der Waals surface area (Å²) in [4.78, 5) is 0. The first-order valence-corrected chi connectivity index (χ1v) is 6.19. The molecule has 4 nitrogen and oxygen atoms in total. The predicted molar refractivity (Wildman–Crippen MR) is 49.0 cm³/mol. The van der Waals surface area contributed by atoms with E-state index in [1.54, 1.807) is 0 Å². The number of hydrogen-bond donors (Lipinski definition) is 1. The van der Waals surface area contributed by atoms with Crippen LogP contribution in [0.2, 0.25) is 0 Å². The zero-order valence-corrected chi connectivity index (χ0v) is 8.84. The molecule has 1 saturated heterocycles. The normalized spacial score (nSPS) is 24.0. The van der Waals surface area contributed by atoms with Crippen molar-refractivity contribution in [1.29, 1.82) is 0 Å². The fourth-order valence-electron chi connectivity index (χ4n) is 0.652. The van der Waals surface area contributed by atoms with Gasteiger partial charge in [-0.1, -0.05) is 0 Å². The van der Waals surface area contributed by atoms with E-state index in [-0.39, 0.29) is 12.7 Å². The highest BCUT2D eigenvalue weighted by atomic mass is 79.9. The summed E-state index contributed by atoms with van der Waals surface area (Å²) < 4.78 is 14.9. The molecule has 0 aliphatic carbocycles. The highest BCUT2D eigenvalue weighted by Gasteiger charge is 2.22. The van der Waals surface area contributed by atoms with Gasteiger partial charge in [-0.3, -0.25) is 0 Å². The number of hydrogen-bond acceptors (Lipinski definition) is 5. The number of ether oxygens (including phenoxy) is 2. The highest BCUT2D eigenvalue weighted by Crippen LogP contribution is 2.12. The molecule has 1 rings (SSSR count). The second-order valence-corrected chi connectivity index (χ2v) is 3.65. The molecule has 1 aliphatic heterocycles. The number of aliphatic hydroxyl groups is 1. The molecule has 6 heteroatoms. The summed E-state index contributed by atoms with van der Waals surface area (Å²) in [5.41, 5.74) is 0. The van der Waals surface area contributed by atoms with Gasteiger partial charge in [-0.15, -0.1) is 0 Å². The SMILES string of the molecule is O[C@@H](COCC1CO1)COSBr. The average Bonchev–Trinajstić information content (AvgIpc) is 2.84. The van der Waals surface area contributed by atoms with Gasteiger partial charge in [0.05, 0.1) is 36.9 Å². The quantitative estimate of drug-likeness (QED) is 0.539. The Kier molecular flexibility index (Phi) is 5.53. The van der Waals surface area contributed by atoms with Gasteiger partial charge in [0, 0.05) is 14.8 Å². The van der Waals surface area contributed by atoms with Gasteiger partial charge in [0.15, 0.2) is 0 Å². The van der Waals surface area contributed by atoms with Crippen LogP contribution < -0.4 is 0 Å². The first-order valence-electron chi connectivity index (χ1n) is 3.60. The van der Waals surface area contributed by atoms with Crippen LogP contribution in [0.1, 0.15) is 0 Å². The van der Waals surface area contributed by atoms with Crippen LogP contribution in [0.25, 0.3) is 0 Å². The van der Waals surface area contributed by atoms with Crippen molar-refractivity contribution in [3.63, 3.8) is 0 Å². The maximum atomic E-state index is 9.19.